The van der Waals surface area contributed by atoms with Crippen LogP contribution in [0, 0.1) is 0 Å². The first-order valence-corrected chi connectivity index (χ1v) is 6.27. The molecule has 0 radical (unpaired) electrons. The highest BCUT2D eigenvalue weighted by molar-refractivity contribution is 5.87. The van der Waals surface area contributed by atoms with E-state index in [1.54, 1.807) is 12.1 Å². The van der Waals surface area contributed by atoms with Gasteiger partial charge in [-0.15, -0.1) is 0 Å². The Bertz CT molecular complexity index is 727. The smallest absolute Gasteiger partial charge is 0.116 e. The molecule has 0 heterocycles. The normalized spacial score (nSPS) is 11.2. The summed E-state index contributed by atoms with van der Waals surface area (Å²) in [6.07, 6.45) is 4.20. The minimum atomic E-state index is 0.306. The SMILES string of the molecule is Oc1ccc2cc(/C=C/c3ccccc3)ccc2c1. The second-order valence-electron chi connectivity index (χ2n) is 4.53. The van der Waals surface area contributed by atoms with Crippen molar-refractivity contribution in [2.24, 2.45) is 0 Å². The zero-order valence-electron chi connectivity index (χ0n) is 10.5. The lowest BCUT2D eigenvalue weighted by atomic mass is 10.1. The van der Waals surface area contributed by atoms with E-state index in [0.29, 0.717) is 5.75 Å². The van der Waals surface area contributed by atoms with E-state index >= 15 is 0 Å². The van der Waals surface area contributed by atoms with Gasteiger partial charge in [0.05, 0.1) is 0 Å². The Balaban J connectivity index is 1.94. The number of fused-ring (bicyclic) bond motifs is 1. The standard InChI is InChI=1S/C18H14O/c19-18-11-10-16-12-15(8-9-17(16)13-18)7-6-14-4-2-1-3-5-14/h1-13,19H/b7-6+. The molecular formula is C18H14O. The molecule has 0 unspecified atom stereocenters. The van der Waals surface area contributed by atoms with E-state index in [-0.39, 0.29) is 0 Å². The van der Waals surface area contributed by atoms with Gasteiger partial charge in [-0.3, -0.25) is 0 Å². The van der Waals surface area contributed by atoms with Crippen LogP contribution in [0.3, 0.4) is 0 Å². The Hall–Kier alpha value is -2.54. The van der Waals surface area contributed by atoms with Crippen LogP contribution in [0.25, 0.3) is 22.9 Å². The third kappa shape index (κ3) is 2.66. The first-order valence-electron chi connectivity index (χ1n) is 6.27. The van der Waals surface area contributed by atoms with Crippen molar-refractivity contribution in [2.45, 2.75) is 0 Å². The number of rotatable bonds is 2. The molecule has 0 aliphatic carbocycles. The summed E-state index contributed by atoms with van der Waals surface area (Å²) in [6, 6.07) is 21.9. The van der Waals surface area contributed by atoms with Gasteiger partial charge in [-0.25, -0.2) is 0 Å². The van der Waals surface area contributed by atoms with Crippen LogP contribution in [-0.4, -0.2) is 5.11 Å². The molecule has 0 bridgehead atoms. The van der Waals surface area contributed by atoms with Gasteiger partial charge in [-0.2, -0.15) is 0 Å². The van der Waals surface area contributed by atoms with Crippen LogP contribution >= 0.6 is 0 Å². The van der Waals surface area contributed by atoms with Gasteiger partial charge in [-0.1, -0.05) is 60.7 Å². The summed E-state index contributed by atoms with van der Waals surface area (Å²) >= 11 is 0. The molecule has 0 aliphatic rings. The average Bonchev–Trinajstić information content (AvgIpc) is 2.46. The molecule has 92 valence electrons. The van der Waals surface area contributed by atoms with Gasteiger partial charge in [0.2, 0.25) is 0 Å². The lowest BCUT2D eigenvalue weighted by Crippen LogP contribution is -1.76. The van der Waals surface area contributed by atoms with Crippen molar-refractivity contribution >= 4 is 22.9 Å². The molecule has 1 N–H and O–H groups in total. The van der Waals surface area contributed by atoms with E-state index in [1.807, 2.05) is 30.3 Å². The van der Waals surface area contributed by atoms with Crippen molar-refractivity contribution in [3.8, 4) is 5.75 Å². The summed E-state index contributed by atoms with van der Waals surface area (Å²) in [5, 5.41) is 11.6. The molecule has 3 aromatic rings. The summed E-state index contributed by atoms with van der Waals surface area (Å²) in [7, 11) is 0. The highest BCUT2D eigenvalue weighted by Crippen LogP contribution is 2.22. The second kappa shape index (κ2) is 4.99. The number of aromatic hydroxyl groups is 1. The van der Waals surface area contributed by atoms with E-state index in [0.717, 1.165) is 16.3 Å². The van der Waals surface area contributed by atoms with Gasteiger partial charge in [0.15, 0.2) is 0 Å². The summed E-state index contributed by atoms with van der Waals surface area (Å²) < 4.78 is 0. The summed E-state index contributed by atoms with van der Waals surface area (Å²) in [5.74, 6) is 0.306. The van der Waals surface area contributed by atoms with Crippen molar-refractivity contribution in [3.63, 3.8) is 0 Å². The maximum Gasteiger partial charge on any atom is 0.116 e. The molecule has 3 rings (SSSR count). The number of hydrogen-bond acceptors (Lipinski definition) is 1. The minimum Gasteiger partial charge on any atom is -0.508 e. The Labute approximate surface area is 112 Å². The molecule has 1 heteroatoms. The predicted molar refractivity (Wildman–Crippen MR) is 81.0 cm³/mol. The first-order chi connectivity index (χ1) is 9.31. The Morgan fingerprint density at radius 3 is 2.16 bits per heavy atom. The highest BCUT2D eigenvalue weighted by atomic mass is 16.3. The molecule has 19 heavy (non-hydrogen) atoms. The Kier molecular flexibility index (Phi) is 3.03. The van der Waals surface area contributed by atoms with Crippen LogP contribution in [0.5, 0.6) is 5.75 Å². The van der Waals surface area contributed by atoms with Crippen LogP contribution in [0.2, 0.25) is 0 Å². The van der Waals surface area contributed by atoms with Gasteiger partial charge in [0.25, 0.3) is 0 Å². The molecule has 0 spiro atoms. The largest absolute Gasteiger partial charge is 0.508 e. The second-order valence-corrected chi connectivity index (χ2v) is 4.53. The maximum atomic E-state index is 9.44. The zero-order valence-corrected chi connectivity index (χ0v) is 10.5. The van der Waals surface area contributed by atoms with Crippen LogP contribution in [0.1, 0.15) is 11.1 Å². The van der Waals surface area contributed by atoms with Gasteiger partial charge >= 0.3 is 0 Å². The topological polar surface area (TPSA) is 20.2 Å². The van der Waals surface area contributed by atoms with Crippen LogP contribution < -0.4 is 0 Å². The van der Waals surface area contributed by atoms with E-state index in [1.165, 1.54) is 5.56 Å². The van der Waals surface area contributed by atoms with Gasteiger partial charge in [-0.05, 0) is 40.1 Å². The van der Waals surface area contributed by atoms with Crippen molar-refractivity contribution in [1.82, 2.24) is 0 Å². The average molecular weight is 246 g/mol. The maximum absolute atomic E-state index is 9.44. The van der Waals surface area contributed by atoms with Crippen LogP contribution in [0.15, 0.2) is 66.7 Å². The predicted octanol–water partition coefficient (Wildman–Crippen LogP) is 4.72. The molecule has 0 aromatic heterocycles. The van der Waals surface area contributed by atoms with Crippen molar-refractivity contribution < 1.29 is 5.11 Å². The molecule has 0 aliphatic heterocycles. The van der Waals surface area contributed by atoms with E-state index in [9.17, 15) is 5.11 Å². The molecule has 0 saturated heterocycles. The van der Waals surface area contributed by atoms with Crippen LogP contribution in [-0.2, 0) is 0 Å². The number of benzene rings is 3. The minimum absolute atomic E-state index is 0.306. The monoisotopic (exact) mass is 246 g/mol. The summed E-state index contributed by atoms with van der Waals surface area (Å²) in [5.41, 5.74) is 2.34. The molecule has 0 amide bonds. The highest BCUT2D eigenvalue weighted by Gasteiger charge is 1.96. The molecular weight excluding hydrogens is 232 g/mol. The van der Waals surface area contributed by atoms with Crippen molar-refractivity contribution in [3.05, 3.63) is 77.9 Å². The lowest BCUT2D eigenvalue weighted by molar-refractivity contribution is 0.476. The van der Waals surface area contributed by atoms with Crippen LogP contribution in [0.4, 0.5) is 0 Å². The quantitative estimate of drug-likeness (QED) is 0.649. The summed E-state index contributed by atoms with van der Waals surface area (Å²) in [4.78, 5) is 0. The fraction of sp³-hybridized carbons (Fsp3) is 0. The molecule has 3 aromatic carbocycles. The zero-order chi connectivity index (χ0) is 13.1. The number of hydrogen-bond donors (Lipinski definition) is 1. The molecule has 0 atom stereocenters. The third-order valence-corrected chi connectivity index (χ3v) is 3.12. The third-order valence-electron chi connectivity index (χ3n) is 3.12. The first kappa shape index (κ1) is 11.5. The van der Waals surface area contributed by atoms with E-state index in [4.69, 9.17) is 0 Å². The lowest BCUT2D eigenvalue weighted by Gasteiger charge is -2.00. The fourth-order valence-electron chi connectivity index (χ4n) is 2.11. The number of phenolic OH excluding ortho intramolecular Hbond substituents is 1. The van der Waals surface area contributed by atoms with Gasteiger partial charge < -0.3 is 5.11 Å². The van der Waals surface area contributed by atoms with E-state index in [2.05, 4.69) is 36.4 Å². The van der Waals surface area contributed by atoms with Gasteiger partial charge in [0.1, 0.15) is 5.75 Å². The van der Waals surface area contributed by atoms with Crippen molar-refractivity contribution in [2.75, 3.05) is 0 Å². The summed E-state index contributed by atoms with van der Waals surface area (Å²) in [6.45, 7) is 0. The molecule has 1 nitrogen and oxygen atoms in total. The molecule has 0 fully saturated rings. The Morgan fingerprint density at radius 2 is 1.32 bits per heavy atom. The van der Waals surface area contributed by atoms with Crippen molar-refractivity contribution in [1.29, 1.82) is 0 Å². The van der Waals surface area contributed by atoms with E-state index < -0.39 is 0 Å². The Morgan fingerprint density at radius 1 is 0.632 bits per heavy atom. The fourth-order valence-corrected chi connectivity index (χ4v) is 2.11. The number of phenols is 1. The molecule has 0 saturated carbocycles. The van der Waals surface area contributed by atoms with Gasteiger partial charge in [0, 0.05) is 0 Å².